The molecule has 2 unspecified atom stereocenters. The zero-order chi connectivity index (χ0) is 12.1. The SMILES string of the molecule is Cc1ccc(C(C)NCCC(C)O)cc1C. The van der Waals surface area contributed by atoms with Gasteiger partial charge < -0.3 is 10.4 Å². The Morgan fingerprint density at radius 1 is 1.19 bits per heavy atom. The molecule has 0 saturated heterocycles. The van der Waals surface area contributed by atoms with E-state index < -0.39 is 0 Å². The lowest BCUT2D eigenvalue weighted by atomic mass is 10.0. The van der Waals surface area contributed by atoms with Gasteiger partial charge in [-0.3, -0.25) is 0 Å². The molecule has 2 N–H and O–H groups in total. The monoisotopic (exact) mass is 221 g/mol. The summed E-state index contributed by atoms with van der Waals surface area (Å²) in [6.07, 6.45) is 0.578. The van der Waals surface area contributed by atoms with Crippen molar-refractivity contribution in [3.8, 4) is 0 Å². The lowest BCUT2D eigenvalue weighted by molar-refractivity contribution is 0.182. The summed E-state index contributed by atoms with van der Waals surface area (Å²) in [5.74, 6) is 0. The minimum absolute atomic E-state index is 0.223. The lowest BCUT2D eigenvalue weighted by Crippen LogP contribution is -2.22. The molecule has 2 atom stereocenters. The molecule has 16 heavy (non-hydrogen) atoms. The molecular formula is C14H23NO. The van der Waals surface area contributed by atoms with Gasteiger partial charge in [-0.15, -0.1) is 0 Å². The number of hydrogen-bond acceptors (Lipinski definition) is 2. The fourth-order valence-corrected chi connectivity index (χ4v) is 1.66. The molecule has 90 valence electrons. The summed E-state index contributed by atoms with van der Waals surface area (Å²) in [7, 11) is 0. The number of aryl methyl sites for hydroxylation is 2. The van der Waals surface area contributed by atoms with Gasteiger partial charge in [0.05, 0.1) is 6.10 Å². The third-order valence-electron chi connectivity index (χ3n) is 3.04. The van der Waals surface area contributed by atoms with E-state index in [2.05, 4.69) is 44.3 Å². The Balaban J connectivity index is 2.52. The highest BCUT2D eigenvalue weighted by atomic mass is 16.3. The van der Waals surface area contributed by atoms with Crippen LogP contribution in [0.4, 0.5) is 0 Å². The van der Waals surface area contributed by atoms with Gasteiger partial charge in [0, 0.05) is 6.04 Å². The van der Waals surface area contributed by atoms with Crippen molar-refractivity contribution in [1.29, 1.82) is 0 Å². The lowest BCUT2D eigenvalue weighted by Gasteiger charge is -2.16. The van der Waals surface area contributed by atoms with Crippen molar-refractivity contribution in [3.63, 3.8) is 0 Å². The predicted octanol–water partition coefficient (Wildman–Crippen LogP) is 2.72. The molecule has 0 aliphatic rings. The fourth-order valence-electron chi connectivity index (χ4n) is 1.66. The summed E-state index contributed by atoms with van der Waals surface area (Å²) in [5.41, 5.74) is 3.98. The number of rotatable bonds is 5. The van der Waals surface area contributed by atoms with Crippen molar-refractivity contribution < 1.29 is 5.11 Å². The Morgan fingerprint density at radius 3 is 2.44 bits per heavy atom. The van der Waals surface area contributed by atoms with Gasteiger partial charge in [-0.2, -0.15) is 0 Å². The molecule has 0 aliphatic heterocycles. The second-order valence-electron chi connectivity index (χ2n) is 4.66. The highest BCUT2D eigenvalue weighted by Gasteiger charge is 2.06. The van der Waals surface area contributed by atoms with E-state index in [-0.39, 0.29) is 6.10 Å². The molecule has 1 rings (SSSR count). The van der Waals surface area contributed by atoms with Gasteiger partial charge in [0.2, 0.25) is 0 Å². The summed E-state index contributed by atoms with van der Waals surface area (Å²) in [6.45, 7) is 9.10. The zero-order valence-corrected chi connectivity index (χ0v) is 10.7. The van der Waals surface area contributed by atoms with Crippen molar-refractivity contribution in [2.75, 3.05) is 6.54 Å². The summed E-state index contributed by atoms with van der Waals surface area (Å²) < 4.78 is 0. The van der Waals surface area contributed by atoms with E-state index in [0.717, 1.165) is 13.0 Å². The average Bonchev–Trinajstić information content (AvgIpc) is 2.21. The molecule has 2 nitrogen and oxygen atoms in total. The molecule has 0 spiro atoms. The molecule has 0 radical (unpaired) electrons. The van der Waals surface area contributed by atoms with Gasteiger partial charge in [0.25, 0.3) is 0 Å². The Bertz CT molecular complexity index is 334. The largest absolute Gasteiger partial charge is 0.393 e. The van der Waals surface area contributed by atoms with E-state index in [1.165, 1.54) is 16.7 Å². The van der Waals surface area contributed by atoms with E-state index in [1.54, 1.807) is 0 Å². The number of aliphatic hydroxyl groups is 1. The first-order chi connectivity index (χ1) is 7.50. The number of benzene rings is 1. The van der Waals surface area contributed by atoms with Crippen LogP contribution in [-0.4, -0.2) is 17.8 Å². The first-order valence-corrected chi connectivity index (χ1v) is 5.99. The molecule has 2 heteroatoms. The van der Waals surface area contributed by atoms with E-state index in [0.29, 0.717) is 6.04 Å². The molecule has 0 heterocycles. The maximum atomic E-state index is 9.18. The van der Waals surface area contributed by atoms with Gasteiger partial charge in [-0.1, -0.05) is 18.2 Å². The number of nitrogens with one attached hydrogen (secondary N) is 1. The summed E-state index contributed by atoms with van der Waals surface area (Å²) in [6, 6.07) is 6.91. The fraction of sp³-hybridized carbons (Fsp3) is 0.571. The Morgan fingerprint density at radius 2 is 1.88 bits per heavy atom. The molecule has 0 saturated carbocycles. The van der Waals surface area contributed by atoms with Crippen LogP contribution >= 0.6 is 0 Å². The molecule has 0 bridgehead atoms. The van der Waals surface area contributed by atoms with E-state index in [1.807, 2.05) is 6.92 Å². The van der Waals surface area contributed by atoms with E-state index in [9.17, 15) is 5.11 Å². The minimum atomic E-state index is -0.223. The minimum Gasteiger partial charge on any atom is -0.393 e. The first kappa shape index (κ1) is 13.2. The standard InChI is InChI=1S/C14H23NO/c1-10-5-6-14(9-11(10)2)13(4)15-8-7-12(3)16/h5-6,9,12-13,15-16H,7-8H2,1-4H3. The summed E-state index contributed by atoms with van der Waals surface area (Å²) >= 11 is 0. The van der Waals surface area contributed by atoms with Gasteiger partial charge in [-0.25, -0.2) is 0 Å². The van der Waals surface area contributed by atoms with Gasteiger partial charge >= 0.3 is 0 Å². The van der Waals surface area contributed by atoms with Crippen LogP contribution in [0.15, 0.2) is 18.2 Å². The molecule has 0 aliphatic carbocycles. The molecular weight excluding hydrogens is 198 g/mol. The predicted molar refractivity (Wildman–Crippen MR) is 68.6 cm³/mol. The number of hydrogen-bond donors (Lipinski definition) is 2. The van der Waals surface area contributed by atoms with Crippen LogP contribution in [0, 0.1) is 13.8 Å². The van der Waals surface area contributed by atoms with Crippen molar-refractivity contribution in [1.82, 2.24) is 5.32 Å². The van der Waals surface area contributed by atoms with Crippen molar-refractivity contribution in [2.24, 2.45) is 0 Å². The Kier molecular flexibility index (Phi) is 4.97. The first-order valence-electron chi connectivity index (χ1n) is 5.99. The second kappa shape index (κ2) is 6.02. The van der Waals surface area contributed by atoms with Crippen molar-refractivity contribution in [3.05, 3.63) is 34.9 Å². The molecule has 0 fully saturated rings. The smallest absolute Gasteiger partial charge is 0.0524 e. The average molecular weight is 221 g/mol. The Labute approximate surface area is 98.7 Å². The number of aliphatic hydroxyl groups excluding tert-OH is 1. The third kappa shape index (κ3) is 3.95. The summed E-state index contributed by atoms with van der Waals surface area (Å²) in [5, 5.41) is 12.6. The van der Waals surface area contributed by atoms with Crippen LogP contribution in [0.3, 0.4) is 0 Å². The van der Waals surface area contributed by atoms with Crippen LogP contribution in [0.1, 0.15) is 43.0 Å². The van der Waals surface area contributed by atoms with E-state index in [4.69, 9.17) is 0 Å². The molecule has 1 aromatic carbocycles. The van der Waals surface area contributed by atoms with Crippen LogP contribution in [0.5, 0.6) is 0 Å². The van der Waals surface area contributed by atoms with Crippen LogP contribution in [0.2, 0.25) is 0 Å². The van der Waals surface area contributed by atoms with Gasteiger partial charge in [0.15, 0.2) is 0 Å². The summed E-state index contributed by atoms with van der Waals surface area (Å²) in [4.78, 5) is 0. The zero-order valence-electron chi connectivity index (χ0n) is 10.7. The second-order valence-corrected chi connectivity index (χ2v) is 4.66. The van der Waals surface area contributed by atoms with Crippen LogP contribution < -0.4 is 5.32 Å². The maximum absolute atomic E-state index is 9.18. The van der Waals surface area contributed by atoms with Crippen molar-refractivity contribution in [2.45, 2.75) is 46.3 Å². The highest BCUT2D eigenvalue weighted by Crippen LogP contribution is 2.16. The van der Waals surface area contributed by atoms with Crippen LogP contribution in [-0.2, 0) is 0 Å². The van der Waals surface area contributed by atoms with E-state index >= 15 is 0 Å². The van der Waals surface area contributed by atoms with Crippen LogP contribution in [0.25, 0.3) is 0 Å². The van der Waals surface area contributed by atoms with Gasteiger partial charge in [0.1, 0.15) is 0 Å². The quantitative estimate of drug-likeness (QED) is 0.801. The molecule has 0 amide bonds. The Hall–Kier alpha value is -0.860. The molecule has 1 aromatic rings. The van der Waals surface area contributed by atoms with Crippen molar-refractivity contribution >= 4 is 0 Å². The normalized spacial score (nSPS) is 14.8. The molecule has 0 aromatic heterocycles. The third-order valence-corrected chi connectivity index (χ3v) is 3.04. The topological polar surface area (TPSA) is 32.3 Å². The van der Waals surface area contributed by atoms with Gasteiger partial charge in [-0.05, 0) is 57.4 Å². The maximum Gasteiger partial charge on any atom is 0.0524 e. The highest BCUT2D eigenvalue weighted by molar-refractivity contribution is 5.31.